The van der Waals surface area contributed by atoms with Crippen molar-refractivity contribution in [2.75, 3.05) is 46.1 Å². The molecule has 0 aliphatic carbocycles. The number of esters is 3. The van der Waals surface area contributed by atoms with E-state index in [0.717, 1.165) is 12.8 Å². The van der Waals surface area contributed by atoms with Gasteiger partial charge in [-0.15, -0.1) is 10.1 Å². The van der Waals surface area contributed by atoms with Crippen molar-refractivity contribution in [3.05, 3.63) is 81.4 Å². The maximum Gasteiger partial charge on any atom is 0.343 e. The summed E-state index contributed by atoms with van der Waals surface area (Å²) in [5.41, 5.74) is 1.57. The van der Waals surface area contributed by atoms with Gasteiger partial charge in [0.25, 0.3) is 5.09 Å². The van der Waals surface area contributed by atoms with Crippen LogP contribution in [0.15, 0.2) is 54.6 Å². The van der Waals surface area contributed by atoms with E-state index >= 15 is 0 Å². The van der Waals surface area contributed by atoms with E-state index in [-0.39, 0.29) is 32.1 Å². The second-order valence-electron chi connectivity index (χ2n) is 9.47. The van der Waals surface area contributed by atoms with Crippen LogP contribution in [0.4, 0.5) is 0 Å². The van der Waals surface area contributed by atoms with Crippen LogP contribution in [0, 0.1) is 10.1 Å². The molecule has 2 aromatic rings. The van der Waals surface area contributed by atoms with Crippen LogP contribution in [0.25, 0.3) is 6.08 Å². The molecule has 12 nitrogen and oxygen atoms in total. The fraction of sp³-hybridized carbons (Fsp3) is 0.433. The number of carbonyl (C=O) groups is 3. The highest BCUT2D eigenvalue weighted by Crippen LogP contribution is 2.28. The van der Waals surface area contributed by atoms with Crippen molar-refractivity contribution in [1.82, 2.24) is 4.90 Å². The summed E-state index contributed by atoms with van der Waals surface area (Å²) in [4.78, 5) is 54.0. The van der Waals surface area contributed by atoms with Crippen molar-refractivity contribution in [1.29, 1.82) is 0 Å². The van der Waals surface area contributed by atoms with Crippen LogP contribution < -0.4 is 4.74 Å². The lowest BCUT2D eigenvalue weighted by molar-refractivity contribution is -0.757. The Hall–Kier alpha value is -4.29. The summed E-state index contributed by atoms with van der Waals surface area (Å²) in [6.07, 6.45) is 4.66. The van der Waals surface area contributed by atoms with E-state index in [1.807, 2.05) is 11.8 Å². The fourth-order valence-corrected chi connectivity index (χ4v) is 4.16. The molecule has 0 bridgehead atoms. The molecular formula is C30H36N2O10. The minimum absolute atomic E-state index is 0.0141. The van der Waals surface area contributed by atoms with Gasteiger partial charge >= 0.3 is 17.9 Å². The molecule has 1 saturated heterocycles. The van der Waals surface area contributed by atoms with E-state index in [4.69, 9.17) is 18.9 Å². The predicted molar refractivity (Wildman–Crippen MR) is 151 cm³/mol. The summed E-state index contributed by atoms with van der Waals surface area (Å²) >= 11 is 0. The molecule has 0 aromatic heterocycles. The zero-order valence-electron chi connectivity index (χ0n) is 23.6. The van der Waals surface area contributed by atoms with Crippen LogP contribution in [-0.2, 0) is 28.6 Å². The lowest BCUT2D eigenvalue weighted by Crippen LogP contribution is -2.40. The van der Waals surface area contributed by atoms with E-state index in [1.54, 1.807) is 48.5 Å². The number of morpholine rings is 1. The van der Waals surface area contributed by atoms with Crippen LogP contribution >= 0.6 is 0 Å². The summed E-state index contributed by atoms with van der Waals surface area (Å²) in [5.74, 6) is -1.23. The summed E-state index contributed by atoms with van der Waals surface area (Å²) in [6, 6.07) is 13.5. The Morgan fingerprint density at radius 1 is 1.05 bits per heavy atom. The van der Waals surface area contributed by atoms with Crippen molar-refractivity contribution in [3.63, 3.8) is 0 Å². The Morgan fingerprint density at radius 3 is 2.50 bits per heavy atom. The van der Waals surface area contributed by atoms with Crippen LogP contribution in [0.1, 0.15) is 60.2 Å². The van der Waals surface area contributed by atoms with Gasteiger partial charge in [-0.1, -0.05) is 43.7 Å². The molecule has 1 atom stereocenters. The highest BCUT2D eigenvalue weighted by molar-refractivity contribution is 5.93. The molecule has 1 aliphatic rings. The average molecular weight is 585 g/mol. The van der Waals surface area contributed by atoms with Crippen LogP contribution in [0.2, 0.25) is 0 Å². The summed E-state index contributed by atoms with van der Waals surface area (Å²) in [7, 11) is 0. The number of unbranched alkanes of at least 4 members (excludes halogenated alkanes) is 1. The van der Waals surface area contributed by atoms with Crippen molar-refractivity contribution < 1.29 is 43.3 Å². The van der Waals surface area contributed by atoms with Gasteiger partial charge in [0.05, 0.1) is 38.5 Å². The number of benzene rings is 2. The van der Waals surface area contributed by atoms with Crippen molar-refractivity contribution >= 4 is 24.0 Å². The van der Waals surface area contributed by atoms with Crippen LogP contribution in [0.3, 0.4) is 0 Å². The first-order chi connectivity index (χ1) is 20.4. The molecule has 1 fully saturated rings. The van der Waals surface area contributed by atoms with Gasteiger partial charge in [-0.2, -0.15) is 0 Å². The third kappa shape index (κ3) is 11.3. The Bertz CT molecular complexity index is 1210. The second-order valence-corrected chi connectivity index (χ2v) is 9.47. The van der Waals surface area contributed by atoms with Gasteiger partial charge in [0.15, 0.2) is 0 Å². The largest absolute Gasteiger partial charge is 0.462 e. The first-order valence-corrected chi connectivity index (χ1v) is 13.9. The third-order valence-electron chi connectivity index (χ3n) is 6.31. The molecule has 0 N–H and O–H groups in total. The van der Waals surface area contributed by atoms with Gasteiger partial charge in [-0.05, 0) is 42.7 Å². The minimum atomic E-state index is -0.906. The van der Waals surface area contributed by atoms with E-state index in [0.29, 0.717) is 55.2 Å². The molecule has 0 amide bonds. The molecule has 1 heterocycles. The van der Waals surface area contributed by atoms with Gasteiger partial charge in [-0.3, -0.25) is 9.69 Å². The van der Waals surface area contributed by atoms with E-state index in [2.05, 4.69) is 4.84 Å². The van der Waals surface area contributed by atoms with Gasteiger partial charge in [0.2, 0.25) is 0 Å². The summed E-state index contributed by atoms with van der Waals surface area (Å²) < 4.78 is 21.8. The molecule has 3 rings (SSSR count). The SMILES string of the molecule is CCCCC(OC(=O)CN1CCOCC1)c1ccccc1C(=O)Oc1ccc(/C=C/C(=O)OCCCO[N+](=O)[O-])cc1. The molecule has 1 aliphatic heterocycles. The van der Waals surface area contributed by atoms with Crippen LogP contribution in [0.5, 0.6) is 5.75 Å². The molecule has 0 spiro atoms. The number of rotatable bonds is 16. The second kappa shape index (κ2) is 17.5. The number of hydrogen-bond acceptors (Lipinski definition) is 11. The van der Waals surface area contributed by atoms with Gasteiger partial charge in [0, 0.05) is 31.1 Å². The predicted octanol–water partition coefficient (Wildman–Crippen LogP) is 4.17. The van der Waals surface area contributed by atoms with Crippen molar-refractivity contribution in [2.24, 2.45) is 0 Å². The van der Waals surface area contributed by atoms with E-state index in [9.17, 15) is 24.5 Å². The molecule has 12 heteroatoms. The first-order valence-electron chi connectivity index (χ1n) is 13.9. The molecule has 1 unspecified atom stereocenters. The lowest BCUT2D eigenvalue weighted by Gasteiger charge is -2.27. The molecule has 42 heavy (non-hydrogen) atoms. The normalized spacial score (nSPS) is 14.2. The number of hydrogen-bond donors (Lipinski definition) is 0. The topological polar surface area (TPSA) is 144 Å². The Labute approximate surface area is 244 Å². The highest BCUT2D eigenvalue weighted by atomic mass is 16.9. The quantitative estimate of drug-likeness (QED) is 0.0700. The number of ether oxygens (including phenoxy) is 4. The standard InChI is InChI=1S/C30H36N2O10/c1-2-3-9-27(42-29(34)22-31-16-20-38-21-17-31)25-7-4-5-8-26(25)30(35)41-24-13-10-23(11-14-24)12-15-28(33)39-18-6-19-40-32(36)37/h4-5,7-8,10-15,27H,2-3,6,9,16-22H2,1H3/b15-12+. The Morgan fingerprint density at radius 2 is 1.79 bits per heavy atom. The third-order valence-corrected chi connectivity index (χ3v) is 6.31. The van der Waals surface area contributed by atoms with Crippen molar-refractivity contribution in [2.45, 2.75) is 38.7 Å². The number of carbonyl (C=O) groups excluding carboxylic acids is 3. The maximum atomic E-state index is 13.2. The van der Waals surface area contributed by atoms with Gasteiger partial charge in [-0.25, -0.2) is 9.59 Å². The Kier molecular flexibility index (Phi) is 13.4. The zero-order valence-corrected chi connectivity index (χ0v) is 23.6. The molecular weight excluding hydrogens is 548 g/mol. The smallest absolute Gasteiger partial charge is 0.343 e. The molecule has 226 valence electrons. The first kappa shape index (κ1) is 32.2. The molecule has 2 aromatic carbocycles. The van der Waals surface area contributed by atoms with Gasteiger partial charge in [0.1, 0.15) is 11.9 Å². The van der Waals surface area contributed by atoms with Crippen molar-refractivity contribution in [3.8, 4) is 5.75 Å². The summed E-state index contributed by atoms with van der Waals surface area (Å²) in [6.45, 7) is 4.53. The minimum Gasteiger partial charge on any atom is -0.462 e. The fourth-order valence-electron chi connectivity index (χ4n) is 4.16. The van der Waals surface area contributed by atoms with E-state index < -0.39 is 23.1 Å². The Balaban J connectivity index is 1.59. The maximum absolute atomic E-state index is 13.2. The van der Waals surface area contributed by atoms with Gasteiger partial charge < -0.3 is 23.8 Å². The summed E-state index contributed by atoms with van der Waals surface area (Å²) in [5, 5.41) is 9.19. The molecule has 0 radical (unpaired) electrons. The lowest BCUT2D eigenvalue weighted by atomic mass is 9.98. The highest BCUT2D eigenvalue weighted by Gasteiger charge is 2.25. The zero-order chi connectivity index (χ0) is 30.2. The molecule has 0 saturated carbocycles. The van der Waals surface area contributed by atoms with Crippen LogP contribution in [-0.4, -0.2) is 74.0 Å². The monoisotopic (exact) mass is 584 g/mol. The number of nitrogens with zero attached hydrogens (tertiary/aromatic N) is 2. The van der Waals surface area contributed by atoms with E-state index in [1.165, 1.54) is 12.2 Å². The average Bonchev–Trinajstić information content (AvgIpc) is 2.99.